The molecule has 7 nitrogen and oxygen atoms in total. The molecule has 1 N–H and O–H groups in total. The summed E-state index contributed by atoms with van der Waals surface area (Å²) in [5, 5.41) is 10.5. The molecule has 21 heavy (non-hydrogen) atoms. The first kappa shape index (κ1) is 14.9. The second-order valence-electron chi connectivity index (χ2n) is 4.17. The van der Waals surface area contributed by atoms with Gasteiger partial charge in [0, 0.05) is 6.07 Å². The first-order chi connectivity index (χ1) is 9.79. The van der Waals surface area contributed by atoms with Gasteiger partial charge in [-0.25, -0.2) is 12.8 Å². The lowest BCUT2D eigenvalue weighted by Gasteiger charge is -2.03. The van der Waals surface area contributed by atoms with Crippen LogP contribution in [0.1, 0.15) is 10.5 Å². The van der Waals surface area contributed by atoms with Crippen molar-refractivity contribution < 1.29 is 22.5 Å². The number of nitro groups is 1. The maximum absolute atomic E-state index is 13.0. The van der Waals surface area contributed by atoms with E-state index in [1.165, 1.54) is 12.1 Å². The molecule has 2 rings (SSSR count). The average molecular weight is 312 g/mol. The highest BCUT2D eigenvalue weighted by atomic mass is 32.2. The second kappa shape index (κ2) is 5.44. The Kier molecular flexibility index (Phi) is 3.85. The fraction of sp³-hybridized carbons (Fsp3) is 0.0833. The number of nitrogens with one attached hydrogen (secondary N) is 1. The van der Waals surface area contributed by atoms with Gasteiger partial charge in [-0.2, -0.15) is 0 Å². The number of ketones is 1. The summed E-state index contributed by atoms with van der Waals surface area (Å²) in [5.74, 6) is -2.49. The van der Waals surface area contributed by atoms with Crippen molar-refractivity contribution in [1.29, 1.82) is 0 Å². The molecule has 1 heterocycles. The molecule has 0 saturated heterocycles. The van der Waals surface area contributed by atoms with E-state index in [4.69, 9.17) is 0 Å². The molecule has 0 atom stereocenters. The fourth-order valence-electron chi connectivity index (χ4n) is 1.64. The Hall–Kier alpha value is -2.55. The van der Waals surface area contributed by atoms with Crippen LogP contribution in [0, 0.1) is 15.9 Å². The molecule has 0 aliphatic carbocycles. The molecular formula is C12H9FN2O5S. The first-order valence-corrected chi connectivity index (χ1v) is 7.29. The standard InChI is InChI=1S/C12H9FN2O5S/c13-8-2-1-3-10(4-8)21(19,20)7-12(16)11-5-9(6-14-11)15(17)18/h1-6,14H,7H2. The molecule has 0 aliphatic heterocycles. The molecule has 0 bridgehead atoms. The predicted molar refractivity (Wildman–Crippen MR) is 70.2 cm³/mol. The summed E-state index contributed by atoms with van der Waals surface area (Å²) in [4.78, 5) is 23.6. The fourth-order valence-corrected chi connectivity index (χ4v) is 2.89. The minimum Gasteiger partial charge on any atom is -0.353 e. The van der Waals surface area contributed by atoms with Crippen LogP contribution in [0.4, 0.5) is 10.1 Å². The lowest BCUT2D eigenvalue weighted by molar-refractivity contribution is -0.384. The smallest absolute Gasteiger partial charge is 0.287 e. The van der Waals surface area contributed by atoms with Gasteiger partial charge in [0.25, 0.3) is 5.69 Å². The van der Waals surface area contributed by atoms with Gasteiger partial charge < -0.3 is 4.98 Å². The Bertz CT molecular complexity index is 813. The monoisotopic (exact) mass is 312 g/mol. The van der Waals surface area contributed by atoms with Crippen molar-refractivity contribution in [3.8, 4) is 0 Å². The van der Waals surface area contributed by atoms with Gasteiger partial charge in [-0.3, -0.25) is 14.9 Å². The molecule has 0 fully saturated rings. The number of Topliss-reactive ketones (excluding diaryl/α,β-unsaturated/α-hetero) is 1. The van der Waals surface area contributed by atoms with Gasteiger partial charge in [-0.1, -0.05) is 6.07 Å². The SMILES string of the molecule is O=C(CS(=O)(=O)c1cccc(F)c1)c1cc([N+](=O)[O-])c[nH]1. The topological polar surface area (TPSA) is 110 Å². The average Bonchev–Trinajstić information content (AvgIpc) is 2.88. The van der Waals surface area contributed by atoms with Gasteiger partial charge >= 0.3 is 0 Å². The lowest BCUT2D eigenvalue weighted by atomic mass is 10.3. The van der Waals surface area contributed by atoms with Crippen molar-refractivity contribution in [2.45, 2.75) is 4.90 Å². The number of carbonyl (C=O) groups is 1. The number of rotatable bonds is 5. The molecule has 0 spiro atoms. The molecule has 0 unspecified atom stereocenters. The number of aromatic nitrogens is 1. The van der Waals surface area contributed by atoms with E-state index >= 15 is 0 Å². The van der Waals surface area contributed by atoms with E-state index < -0.39 is 32.1 Å². The predicted octanol–water partition coefficient (Wildman–Crippen LogP) is 1.72. The Morgan fingerprint density at radius 2 is 2.05 bits per heavy atom. The van der Waals surface area contributed by atoms with Crippen molar-refractivity contribution in [2.75, 3.05) is 5.75 Å². The van der Waals surface area contributed by atoms with Crippen LogP contribution in [-0.2, 0) is 9.84 Å². The summed E-state index contributed by atoms with van der Waals surface area (Å²) in [7, 11) is -4.02. The molecule has 0 amide bonds. The number of halogens is 1. The van der Waals surface area contributed by atoms with Crippen molar-refractivity contribution in [2.24, 2.45) is 0 Å². The Balaban J connectivity index is 2.23. The molecule has 0 saturated carbocycles. The third-order valence-electron chi connectivity index (χ3n) is 2.66. The number of aromatic amines is 1. The van der Waals surface area contributed by atoms with E-state index in [9.17, 15) is 27.7 Å². The second-order valence-corrected chi connectivity index (χ2v) is 6.16. The normalized spacial score (nSPS) is 11.3. The number of benzene rings is 1. The number of nitrogens with zero attached hydrogens (tertiary/aromatic N) is 1. The van der Waals surface area contributed by atoms with Crippen LogP contribution in [0.5, 0.6) is 0 Å². The molecule has 9 heteroatoms. The van der Waals surface area contributed by atoms with E-state index in [0.29, 0.717) is 0 Å². The first-order valence-electron chi connectivity index (χ1n) is 5.64. The molecular weight excluding hydrogens is 303 g/mol. The molecule has 0 aliphatic rings. The highest BCUT2D eigenvalue weighted by Gasteiger charge is 2.23. The van der Waals surface area contributed by atoms with E-state index in [1.54, 1.807) is 0 Å². The van der Waals surface area contributed by atoms with Crippen LogP contribution in [0.3, 0.4) is 0 Å². The minimum absolute atomic E-state index is 0.193. The quantitative estimate of drug-likeness (QED) is 0.513. The zero-order valence-corrected chi connectivity index (χ0v) is 11.3. The van der Waals surface area contributed by atoms with Gasteiger partial charge in [0.15, 0.2) is 15.6 Å². The van der Waals surface area contributed by atoms with E-state index in [2.05, 4.69) is 4.98 Å². The summed E-state index contributed by atoms with van der Waals surface area (Å²) in [6.45, 7) is 0. The van der Waals surface area contributed by atoms with Crippen LogP contribution >= 0.6 is 0 Å². The van der Waals surface area contributed by atoms with Gasteiger partial charge in [0.2, 0.25) is 0 Å². The van der Waals surface area contributed by atoms with E-state index in [1.807, 2.05) is 0 Å². The van der Waals surface area contributed by atoms with Gasteiger partial charge in [0.05, 0.1) is 21.7 Å². The van der Waals surface area contributed by atoms with Crippen molar-refractivity contribution in [3.05, 3.63) is 58.2 Å². The maximum atomic E-state index is 13.0. The van der Waals surface area contributed by atoms with E-state index in [-0.39, 0.29) is 16.3 Å². The summed E-state index contributed by atoms with van der Waals surface area (Å²) in [5.41, 5.74) is -0.539. The van der Waals surface area contributed by atoms with Crippen LogP contribution < -0.4 is 0 Å². The highest BCUT2D eigenvalue weighted by molar-refractivity contribution is 7.92. The van der Waals surface area contributed by atoms with Gasteiger partial charge in [0.1, 0.15) is 11.6 Å². The molecule has 2 aromatic rings. The molecule has 0 radical (unpaired) electrons. The largest absolute Gasteiger partial charge is 0.353 e. The molecule has 1 aromatic carbocycles. The van der Waals surface area contributed by atoms with Gasteiger partial charge in [-0.05, 0) is 18.2 Å². The summed E-state index contributed by atoms with van der Waals surface area (Å²) < 4.78 is 37.0. The van der Waals surface area contributed by atoms with Crippen LogP contribution in [0.15, 0.2) is 41.4 Å². The van der Waals surface area contributed by atoms with E-state index in [0.717, 1.165) is 24.4 Å². The summed E-state index contributed by atoms with van der Waals surface area (Å²) >= 11 is 0. The zero-order valence-electron chi connectivity index (χ0n) is 10.4. The number of hydrogen-bond donors (Lipinski definition) is 1. The minimum atomic E-state index is -4.02. The Morgan fingerprint density at radius 1 is 1.33 bits per heavy atom. The summed E-state index contributed by atoms with van der Waals surface area (Å²) in [6.07, 6.45) is 0.988. The third-order valence-corrected chi connectivity index (χ3v) is 4.27. The number of carbonyl (C=O) groups excluding carboxylic acids is 1. The lowest BCUT2D eigenvalue weighted by Crippen LogP contribution is -2.16. The third kappa shape index (κ3) is 3.31. The Morgan fingerprint density at radius 3 is 2.62 bits per heavy atom. The van der Waals surface area contributed by atoms with Crippen LogP contribution in [0.2, 0.25) is 0 Å². The van der Waals surface area contributed by atoms with Crippen LogP contribution in [0.25, 0.3) is 0 Å². The number of hydrogen-bond acceptors (Lipinski definition) is 5. The van der Waals surface area contributed by atoms with Gasteiger partial charge in [-0.15, -0.1) is 0 Å². The van der Waals surface area contributed by atoms with Crippen LogP contribution in [-0.4, -0.2) is 29.9 Å². The maximum Gasteiger partial charge on any atom is 0.287 e. The molecule has 110 valence electrons. The highest BCUT2D eigenvalue weighted by Crippen LogP contribution is 2.16. The Labute approximate surface area is 118 Å². The molecule has 1 aromatic heterocycles. The zero-order chi connectivity index (χ0) is 15.6. The van der Waals surface area contributed by atoms with Crippen molar-refractivity contribution in [1.82, 2.24) is 4.98 Å². The van der Waals surface area contributed by atoms with Crippen molar-refractivity contribution in [3.63, 3.8) is 0 Å². The summed E-state index contributed by atoms with van der Waals surface area (Å²) in [6, 6.07) is 5.22. The van der Waals surface area contributed by atoms with Crippen molar-refractivity contribution >= 4 is 21.3 Å². The number of H-pyrrole nitrogens is 1. The number of sulfone groups is 1.